The van der Waals surface area contributed by atoms with Gasteiger partial charge in [0, 0.05) is 5.02 Å². The summed E-state index contributed by atoms with van der Waals surface area (Å²) in [5.41, 5.74) is 6.50. The minimum Gasteiger partial charge on any atom is -0.117 e. The molecule has 0 radical (unpaired) electrons. The number of alkyl halides is 1. The van der Waals surface area contributed by atoms with Crippen molar-refractivity contribution in [1.29, 1.82) is 0 Å². The smallest absolute Gasteiger partial charge is 0.0619 e. The van der Waals surface area contributed by atoms with E-state index in [0.29, 0.717) is 5.92 Å². The van der Waals surface area contributed by atoms with Crippen molar-refractivity contribution < 1.29 is 0 Å². The van der Waals surface area contributed by atoms with Gasteiger partial charge in [0.25, 0.3) is 0 Å². The SMILES string of the molecule is Cc1cc(C(Cl)C2CCc3ccccc3C2)c(C)cc1Cl. The average molecular weight is 319 g/mol. The Morgan fingerprint density at radius 1 is 1.05 bits per heavy atom. The summed E-state index contributed by atoms with van der Waals surface area (Å²) >= 11 is 13.0. The van der Waals surface area contributed by atoms with Crippen molar-refractivity contribution in [3.8, 4) is 0 Å². The minimum absolute atomic E-state index is 0.0642. The van der Waals surface area contributed by atoms with Gasteiger partial charge in [-0.05, 0) is 72.9 Å². The first kappa shape index (κ1) is 14.9. The monoisotopic (exact) mass is 318 g/mol. The molecule has 110 valence electrons. The molecular weight excluding hydrogens is 299 g/mol. The standard InChI is InChI=1S/C19H20Cl2/c1-12-10-18(20)13(2)9-17(12)19(21)16-8-7-14-5-3-4-6-15(14)11-16/h3-6,9-10,16,19H,7-8,11H2,1-2H3. The van der Waals surface area contributed by atoms with E-state index in [2.05, 4.69) is 37.3 Å². The molecule has 2 heteroatoms. The molecule has 0 N–H and O–H groups in total. The van der Waals surface area contributed by atoms with Gasteiger partial charge < -0.3 is 0 Å². The highest BCUT2D eigenvalue weighted by Crippen LogP contribution is 2.40. The van der Waals surface area contributed by atoms with Crippen LogP contribution >= 0.6 is 23.2 Å². The maximum Gasteiger partial charge on any atom is 0.0619 e. The molecule has 1 aliphatic rings. The van der Waals surface area contributed by atoms with E-state index in [0.717, 1.165) is 29.8 Å². The lowest BCUT2D eigenvalue weighted by molar-refractivity contribution is 0.442. The fraction of sp³-hybridized carbons (Fsp3) is 0.368. The van der Waals surface area contributed by atoms with Crippen molar-refractivity contribution in [1.82, 2.24) is 0 Å². The van der Waals surface area contributed by atoms with Gasteiger partial charge in [-0.3, -0.25) is 0 Å². The van der Waals surface area contributed by atoms with Crippen LogP contribution in [0.25, 0.3) is 0 Å². The lowest BCUT2D eigenvalue weighted by Gasteiger charge is -2.29. The molecule has 0 fully saturated rings. The Morgan fingerprint density at radius 2 is 1.76 bits per heavy atom. The summed E-state index contributed by atoms with van der Waals surface area (Å²) < 4.78 is 0. The molecule has 2 aromatic carbocycles. The molecule has 21 heavy (non-hydrogen) atoms. The van der Waals surface area contributed by atoms with E-state index in [1.165, 1.54) is 22.3 Å². The molecular formula is C19H20Cl2. The van der Waals surface area contributed by atoms with Crippen LogP contribution in [0, 0.1) is 19.8 Å². The topological polar surface area (TPSA) is 0 Å². The first-order valence-electron chi connectivity index (χ1n) is 7.53. The summed E-state index contributed by atoms with van der Waals surface area (Å²) in [6.45, 7) is 4.15. The Bertz CT molecular complexity index is 661. The molecule has 2 unspecified atom stereocenters. The van der Waals surface area contributed by atoms with Crippen molar-refractivity contribution >= 4 is 23.2 Å². The predicted octanol–water partition coefficient (Wildman–Crippen LogP) is 6.04. The summed E-state index contributed by atoms with van der Waals surface area (Å²) in [6.07, 6.45) is 3.37. The quantitative estimate of drug-likeness (QED) is 0.592. The van der Waals surface area contributed by atoms with Crippen LogP contribution in [0.5, 0.6) is 0 Å². The number of hydrogen-bond acceptors (Lipinski definition) is 0. The van der Waals surface area contributed by atoms with Crippen molar-refractivity contribution in [3.05, 3.63) is 69.2 Å². The van der Waals surface area contributed by atoms with Crippen LogP contribution in [0.4, 0.5) is 0 Å². The Kier molecular flexibility index (Phi) is 4.28. The van der Waals surface area contributed by atoms with Gasteiger partial charge in [0.2, 0.25) is 0 Å². The molecule has 2 aromatic rings. The molecule has 0 nitrogen and oxygen atoms in total. The van der Waals surface area contributed by atoms with Crippen LogP contribution < -0.4 is 0 Å². The second kappa shape index (κ2) is 6.02. The summed E-state index contributed by atoms with van der Waals surface area (Å²) in [4.78, 5) is 0. The molecule has 1 aliphatic carbocycles. The van der Waals surface area contributed by atoms with Crippen LogP contribution in [0.2, 0.25) is 5.02 Å². The zero-order chi connectivity index (χ0) is 15.0. The molecule has 0 saturated carbocycles. The van der Waals surface area contributed by atoms with E-state index in [4.69, 9.17) is 23.2 Å². The van der Waals surface area contributed by atoms with Crippen LogP contribution in [0.1, 0.15) is 39.6 Å². The Labute approximate surface area is 137 Å². The van der Waals surface area contributed by atoms with E-state index >= 15 is 0 Å². The summed E-state index contributed by atoms with van der Waals surface area (Å²) in [5.74, 6) is 0.501. The van der Waals surface area contributed by atoms with Gasteiger partial charge in [0.15, 0.2) is 0 Å². The van der Waals surface area contributed by atoms with Crippen molar-refractivity contribution in [2.24, 2.45) is 5.92 Å². The highest BCUT2D eigenvalue weighted by atomic mass is 35.5. The van der Waals surface area contributed by atoms with Crippen LogP contribution in [0.15, 0.2) is 36.4 Å². The van der Waals surface area contributed by atoms with Gasteiger partial charge >= 0.3 is 0 Å². The van der Waals surface area contributed by atoms with Crippen LogP contribution in [-0.4, -0.2) is 0 Å². The molecule has 0 aliphatic heterocycles. The number of benzene rings is 2. The van der Waals surface area contributed by atoms with Crippen LogP contribution in [-0.2, 0) is 12.8 Å². The van der Waals surface area contributed by atoms with E-state index in [-0.39, 0.29) is 5.38 Å². The first-order valence-corrected chi connectivity index (χ1v) is 8.35. The third kappa shape index (κ3) is 2.98. The van der Waals surface area contributed by atoms with Gasteiger partial charge in [-0.2, -0.15) is 0 Å². The van der Waals surface area contributed by atoms with Gasteiger partial charge in [-0.25, -0.2) is 0 Å². The van der Waals surface area contributed by atoms with E-state index < -0.39 is 0 Å². The molecule has 2 atom stereocenters. The molecule has 0 heterocycles. The van der Waals surface area contributed by atoms with Crippen molar-refractivity contribution in [3.63, 3.8) is 0 Å². The number of aryl methyl sites for hydroxylation is 3. The molecule has 0 saturated heterocycles. The Morgan fingerprint density at radius 3 is 2.52 bits per heavy atom. The van der Waals surface area contributed by atoms with Gasteiger partial charge in [0.1, 0.15) is 0 Å². The number of fused-ring (bicyclic) bond motifs is 1. The summed E-state index contributed by atoms with van der Waals surface area (Å²) in [5, 5.41) is 0.892. The van der Waals surface area contributed by atoms with Gasteiger partial charge in [-0.15, -0.1) is 11.6 Å². The summed E-state index contributed by atoms with van der Waals surface area (Å²) in [6, 6.07) is 12.9. The minimum atomic E-state index is 0.0642. The lowest BCUT2D eigenvalue weighted by Crippen LogP contribution is -2.19. The van der Waals surface area contributed by atoms with Crippen LogP contribution in [0.3, 0.4) is 0 Å². The van der Waals surface area contributed by atoms with E-state index in [9.17, 15) is 0 Å². The normalized spacial score (nSPS) is 19.1. The Balaban J connectivity index is 1.87. The number of halogens is 2. The van der Waals surface area contributed by atoms with E-state index in [1.54, 1.807) is 0 Å². The van der Waals surface area contributed by atoms with Gasteiger partial charge in [0.05, 0.1) is 5.38 Å². The molecule has 0 bridgehead atoms. The van der Waals surface area contributed by atoms with Gasteiger partial charge in [-0.1, -0.05) is 41.9 Å². The molecule has 0 aromatic heterocycles. The van der Waals surface area contributed by atoms with Crippen molar-refractivity contribution in [2.75, 3.05) is 0 Å². The molecule has 3 rings (SSSR count). The number of hydrogen-bond donors (Lipinski definition) is 0. The zero-order valence-electron chi connectivity index (χ0n) is 12.5. The Hall–Kier alpha value is -0.980. The average Bonchev–Trinajstić information content (AvgIpc) is 2.50. The zero-order valence-corrected chi connectivity index (χ0v) is 14.0. The maximum absolute atomic E-state index is 6.84. The third-order valence-electron chi connectivity index (χ3n) is 4.64. The number of rotatable bonds is 2. The predicted molar refractivity (Wildman–Crippen MR) is 91.5 cm³/mol. The lowest BCUT2D eigenvalue weighted by atomic mass is 9.80. The highest BCUT2D eigenvalue weighted by molar-refractivity contribution is 6.31. The largest absolute Gasteiger partial charge is 0.117 e. The maximum atomic E-state index is 6.84. The fourth-order valence-electron chi connectivity index (χ4n) is 3.33. The fourth-order valence-corrected chi connectivity index (χ4v) is 4.00. The highest BCUT2D eigenvalue weighted by Gasteiger charge is 2.27. The second-order valence-electron chi connectivity index (χ2n) is 6.13. The molecule has 0 spiro atoms. The third-order valence-corrected chi connectivity index (χ3v) is 5.64. The first-order chi connectivity index (χ1) is 10.1. The van der Waals surface area contributed by atoms with Crippen molar-refractivity contribution in [2.45, 2.75) is 38.5 Å². The summed E-state index contributed by atoms with van der Waals surface area (Å²) in [7, 11) is 0. The molecule has 0 amide bonds. The van der Waals surface area contributed by atoms with E-state index in [1.807, 2.05) is 13.0 Å². The second-order valence-corrected chi connectivity index (χ2v) is 7.01.